The fourth-order valence-electron chi connectivity index (χ4n) is 2.56. The topological polar surface area (TPSA) is 108 Å². The molecule has 1 unspecified atom stereocenters. The van der Waals surface area contributed by atoms with Crippen LogP contribution >= 0.6 is 0 Å². The maximum atomic E-state index is 11.7. The molecule has 2 aromatic heterocycles. The number of carbonyl (C=O) groups is 1. The number of hydrogen-bond acceptors (Lipinski definition) is 5. The van der Waals surface area contributed by atoms with Crippen LogP contribution in [-0.2, 0) is 0 Å². The van der Waals surface area contributed by atoms with Crippen molar-refractivity contribution in [3.63, 3.8) is 0 Å². The number of piperidine rings is 1. The molecule has 104 valence electrons. The molecule has 0 aliphatic carbocycles. The number of nitrogens with one attached hydrogen (secondary N) is 2. The van der Waals surface area contributed by atoms with Crippen molar-refractivity contribution in [1.29, 1.82) is 0 Å². The van der Waals surface area contributed by atoms with Crippen LogP contribution in [-0.4, -0.2) is 32.8 Å². The lowest BCUT2D eigenvalue weighted by Crippen LogP contribution is -2.29. The predicted octanol–water partition coefficient (Wildman–Crippen LogP) is 0.831. The van der Waals surface area contributed by atoms with E-state index in [1.807, 2.05) is 0 Å². The minimum absolute atomic E-state index is 0.0774. The molecule has 0 saturated carbocycles. The Bertz CT molecular complexity index is 719. The van der Waals surface area contributed by atoms with E-state index in [2.05, 4.69) is 20.5 Å². The number of H-pyrrole nitrogens is 1. The number of rotatable bonds is 2. The van der Waals surface area contributed by atoms with Gasteiger partial charge in [0.2, 0.25) is 0 Å². The molecule has 1 fully saturated rings. The lowest BCUT2D eigenvalue weighted by atomic mass is 9.97. The zero-order chi connectivity index (χ0) is 14.1. The first kappa shape index (κ1) is 12.7. The van der Waals surface area contributed by atoms with Crippen LogP contribution in [0.3, 0.4) is 0 Å². The Kier molecular flexibility index (Phi) is 3.19. The van der Waals surface area contributed by atoms with Gasteiger partial charge >= 0.3 is 5.97 Å². The molecule has 7 heteroatoms. The third kappa shape index (κ3) is 2.16. The molecule has 0 aromatic carbocycles. The zero-order valence-corrected chi connectivity index (χ0v) is 10.7. The van der Waals surface area contributed by atoms with Crippen LogP contribution < -0.4 is 10.9 Å². The van der Waals surface area contributed by atoms with E-state index in [1.54, 1.807) is 0 Å². The van der Waals surface area contributed by atoms with Crippen LogP contribution in [0.5, 0.6) is 0 Å². The molecule has 1 saturated heterocycles. The van der Waals surface area contributed by atoms with Crippen molar-refractivity contribution in [2.75, 3.05) is 6.54 Å². The minimum Gasteiger partial charge on any atom is -0.478 e. The molecule has 0 spiro atoms. The SMILES string of the molecule is O=C(O)c1cc2c(=O)[nH]ncc2nc1C1CCCCN1. The molecule has 3 heterocycles. The van der Waals surface area contributed by atoms with Gasteiger partial charge in [-0.05, 0) is 25.5 Å². The first-order valence-electron chi connectivity index (χ1n) is 6.52. The summed E-state index contributed by atoms with van der Waals surface area (Å²) in [6.45, 7) is 0.844. The van der Waals surface area contributed by atoms with Gasteiger partial charge < -0.3 is 10.4 Å². The van der Waals surface area contributed by atoms with Gasteiger partial charge in [0.1, 0.15) is 0 Å². The van der Waals surface area contributed by atoms with Crippen molar-refractivity contribution >= 4 is 16.9 Å². The summed E-state index contributed by atoms with van der Waals surface area (Å²) in [5.74, 6) is -1.07. The van der Waals surface area contributed by atoms with Crippen molar-refractivity contribution in [3.05, 3.63) is 33.9 Å². The van der Waals surface area contributed by atoms with E-state index in [9.17, 15) is 14.7 Å². The average Bonchev–Trinajstić information content (AvgIpc) is 2.47. The summed E-state index contributed by atoms with van der Waals surface area (Å²) in [5, 5.41) is 18.9. The minimum atomic E-state index is -1.07. The second-order valence-electron chi connectivity index (χ2n) is 4.86. The van der Waals surface area contributed by atoms with Gasteiger partial charge in [0, 0.05) is 0 Å². The summed E-state index contributed by atoms with van der Waals surface area (Å²) < 4.78 is 0. The molecule has 7 nitrogen and oxygen atoms in total. The number of carboxylic acids is 1. The summed E-state index contributed by atoms with van der Waals surface area (Å²) in [4.78, 5) is 27.5. The number of aromatic carboxylic acids is 1. The zero-order valence-electron chi connectivity index (χ0n) is 10.7. The molecule has 3 rings (SSSR count). The second kappa shape index (κ2) is 5.01. The second-order valence-corrected chi connectivity index (χ2v) is 4.86. The number of hydrogen-bond donors (Lipinski definition) is 3. The Hall–Kier alpha value is -2.28. The lowest BCUT2D eigenvalue weighted by Gasteiger charge is -2.24. The molecule has 1 atom stereocenters. The molecule has 20 heavy (non-hydrogen) atoms. The molecular formula is C13H14N4O3. The average molecular weight is 274 g/mol. The number of aromatic amines is 1. The lowest BCUT2D eigenvalue weighted by molar-refractivity contribution is 0.0694. The summed E-state index contributed by atoms with van der Waals surface area (Å²) in [6, 6.07) is 1.30. The quantitative estimate of drug-likeness (QED) is 0.748. The van der Waals surface area contributed by atoms with Crippen molar-refractivity contribution in [3.8, 4) is 0 Å². The van der Waals surface area contributed by atoms with Crippen molar-refractivity contribution in [2.24, 2.45) is 0 Å². The number of aromatic nitrogens is 3. The monoisotopic (exact) mass is 274 g/mol. The number of carboxylic acid groups (broad SMARTS) is 1. The highest BCUT2D eigenvalue weighted by molar-refractivity contribution is 5.93. The maximum absolute atomic E-state index is 11.7. The molecular weight excluding hydrogens is 260 g/mol. The van der Waals surface area contributed by atoms with Gasteiger partial charge in [-0.25, -0.2) is 14.9 Å². The molecule has 2 aromatic rings. The van der Waals surface area contributed by atoms with E-state index in [-0.39, 0.29) is 17.0 Å². The van der Waals surface area contributed by atoms with Crippen LogP contribution in [0.1, 0.15) is 41.4 Å². The van der Waals surface area contributed by atoms with Gasteiger partial charge in [0.15, 0.2) is 0 Å². The van der Waals surface area contributed by atoms with Gasteiger partial charge in [0.25, 0.3) is 5.56 Å². The van der Waals surface area contributed by atoms with Crippen molar-refractivity contribution in [2.45, 2.75) is 25.3 Å². The van der Waals surface area contributed by atoms with E-state index < -0.39 is 11.5 Å². The summed E-state index contributed by atoms with van der Waals surface area (Å²) in [7, 11) is 0. The number of nitrogens with zero attached hydrogens (tertiary/aromatic N) is 2. The fraction of sp³-hybridized carbons (Fsp3) is 0.385. The highest BCUT2D eigenvalue weighted by atomic mass is 16.4. The van der Waals surface area contributed by atoms with Crippen LogP contribution in [0, 0.1) is 0 Å². The van der Waals surface area contributed by atoms with E-state index in [4.69, 9.17) is 0 Å². The Morgan fingerprint density at radius 1 is 1.40 bits per heavy atom. The number of pyridine rings is 1. The smallest absolute Gasteiger partial charge is 0.337 e. The summed E-state index contributed by atoms with van der Waals surface area (Å²) >= 11 is 0. The third-order valence-electron chi connectivity index (χ3n) is 3.55. The fourth-order valence-corrected chi connectivity index (χ4v) is 2.56. The first-order valence-corrected chi connectivity index (χ1v) is 6.52. The van der Waals surface area contributed by atoms with E-state index in [0.717, 1.165) is 25.8 Å². The van der Waals surface area contributed by atoms with Gasteiger partial charge in [-0.1, -0.05) is 6.42 Å². The van der Waals surface area contributed by atoms with Gasteiger partial charge in [0.05, 0.1) is 34.4 Å². The Balaban J connectivity index is 2.21. The first-order chi connectivity index (χ1) is 9.66. The van der Waals surface area contributed by atoms with Crippen molar-refractivity contribution in [1.82, 2.24) is 20.5 Å². The van der Waals surface area contributed by atoms with Gasteiger partial charge in [-0.2, -0.15) is 5.10 Å². The highest BCUT2D eigenvalue weighted by Gasteiger charge is 2.23. The molecule has 0 radical (unpaired) electrons. The van der Waals surface area contributed by atoms with E-state index in [0.29, 0.717) is 11.2 Å². The summed E-state index contributed by atoms with van der Waals surface area (Å²) in [6.07, 6.45) is 4.39. The van der Waals surface area contributed by atoms with Crippen LogP contribution in [0.15, 0.2) is 17.1 Å². The summed E-state index contributed by atoms with van der Waals surface area (Å²) in [5.41, 5.74) is 0.549. The largest absolute Gasteiger partial charge is 0.478 e. The van der Waals surface area contributed by atoms with Crippen molar-refractivity contribution < 1.29 is 9.90 Å². The van der Waals surface area contributed by atoms with E-state index in [1.165, 1.54) is 12.3 Å². The van der Waals surface area contributed by atoms with Gasteiger partial charge in [-0.15, -0.1) is 0 Å². The number of fused-ring (bicyclic) bond motifs is 1. The molecule has 3 N–H and O–H groups in total. The highest BCUT2D eigenvalue weighted by Crippen LogP contribution is 2.26. The maximum Gasteiger partial charge on any atom is 0.337 e. The van der Waals surface area contributed by atoms with Gasteiger partial charge in [-0.3, -0.25) is 4.79 Å². The predicted molar refractivity (Wildman–Crippen MR) is 71.7 cm³/mol. The normalized spacial score (nSPS) is 19.1. The van der Waals surface area contributed by atoms with Crippen LogP contribution in [0.25, 0.3) is 10.9 Å². The van der Waals surface area contributed by atoms with Crippen LogP contribution in [0.4, 0.5) is 0 Å². The Labute approximate surface area is 114 Å². The molecule has 0 amide bonds. The standard InChI is InChI=1S/C13H14N4O3/c18-12-7-5-8(13(19)20)11(9-3-1-2-4-14-9)16-10(7)6-15-17-12/h5-6,9,14H,1-4H2,(H,17,18)(H,19,20). The molecule has 1 aliphatic heterocycles. The molecule has 1 aliphatic rings. The van der Waals surface area contributed by atoms with E-state index >= 15 is 0 Å². The Morgan fingerprint density at radius 3 is 2.95 bits per heavy atom. The third-order valence-corrected chi connectivity index (χ3v) is 3.55. The molecule has 0 bridgehead atoms. The van der Waals surface area contributed by atoms with Crippen LogP contribution in [0.2, 0.25) is 0 Å². The Morgan fingerprint density at radius 2 is 2.25 bits per heavy atom.